The first kappa shape index (κ1) is 10.2. The van der Waals surface area contributed by atoms with Crippen LogP contribution in [0.4, 0.5) is 5.69 Å². The lowest BCUT2D eigenvalue weighted by Crippen LogP contribution is -2.35. The van der Waals surface area contributed by atoms with Crippen LogP contribution in [0.3, 0.4) is 0 Å². The van der Waals surface area contributed by atoms with Crippen LogP contribution in [0, 0.1) is 13.8 Å². The second kappa shape index (κ2) is 4.02. The summed E-state index contributed by atoms with van der Waals surface area (Å²) in [6.45, 7) is 4.71. The van der Waals surface area contributed by atoms with E-state index in [1.807, 2.05) is 13.8 Å². The number of amides is 1. The maximum atomic E-state index is 11.8. The SMILES string of the molecule is Cc1n[nH]c(C)c1NC(=O)[C@@H]1CCCN1. The second-order valence-corrected chi connectivity index (χ2v) is 3.95. The molecule has 1 amide bonds. The molecule has 15 heavy (non-hydrogen) atoms. The molecular weight excluding hydrogens is 192 g/mol. The fourth-order valence-corrected chi connectivity index (χ4v) is 1.85. The number of aromatic nitrogens is 2. The van der Waals surface area contributed by atoms with E-state index in [0.717, 1.165) is 36.5 Å². The second-order valence-electron chi connectivity index (χ2n) is 3.95. The molecule has 2 rings (SSSR count). The Bertz CT molecular complexity index is 346. The summed E-state index contributed by atoms with van der Waals surface area (Å²) in [7, 11) is 0. The number of anilines is 1. The molecule has 1 aromatic heterocycles. The number of carbonyl (C=O) groups is 1. The van der Waals surface area contributed by atoms with Gasteiger partial charge in [0.25, 0.3) is 0 Å². The zero-order valence-corrected chi connectivity index (χ0v) is 9.05. The molecule has 1 aliphatic rings. The number of nitrogens with one attached hydrogen (secondary N) is 3. The molecule has 1 fully saturated rings. The average molecular weight is 208 g/mol. The Balaban J connectivity index is 2.05. The zero-order chi connectivity index (χ0) is 10.8. The van der Waals surface area contributed by atoms with Gasteiger partial charge in [-0.25, -0.2) is 0 Å². The summed E-state index contributed by atoms with van der Waals surface area (Å²) in [5.41, 5.74) is 2.55. The minimum absolute atomic E-state index is 0.0418. The van der Waals surface area contributed by atoms with Crippen molar-refractivity contribution in [2.24, 2.45) is 0 Å². The number of aryl methyl sites for hydroxylation is 2. The van der Waals surface area contributed by atoms with Crippen LogP contribution in [-0.2, 0) is 4.79 Å². The van der Waals surface area contributed by atoms with Gasteiger partial charge in [-0.2, -0.15) is 5.10 Å². The molecule has 1 aliphatic heterocycles. The Morgan fingerprint density at radius 2 is 2.33 bits per heavy atom. The highest BCUT2D eigenvalue weighted by Crippen LogP contribution is 2.17. The van der Waals surface area contributed by atoms with Gasteiger partial charge in [0.1, 0.15) is 0 Å². The number of hydrogen-bond donors (Lipinski definition) is 3. The van der Waals surface area contributed by atoms with Crippen molar-refractivity contribution in [2.75, 3.05) is 11.9 Å². The van der Waals surface area contributed by atoms with Crippen LogP contribution >= 0.6 is 0 Å². The number of carbonyl (C=O) groups excluding carboxylic acids is 1. The number of rotatable bonds is 2. The predicted molar refractivity (Wildman–Crippen MR) is 57.7 cm³/mol. The monoisotopic (exact) mass is 208 g/mol. The Hall–Kier alpha value is -1.36. The quantitative estimate of drug-likeness (QED) is 0.670. The fraction of sp³-hybridized carbons (Fsp3) is 0.600. The Morgan fingerprint density at radius 3 is 2.87 bits per heavy atom. The number of nitrogens with zero attached hydrogens (tertiary/aromatic N) is 1. The predicted octanol–water partition coefficient (Wildman–Crippen LogP) is 0.717. The van der Waals surface area contributed by atoms with Gasteiger partial charge >= 0.3 is 0 Å². The van der Waals surface area contributed by atoms with Crippen LogP contribution in [0.15, 0.2) is 0 Å². The highest BCUT2D eigenvalue weighted by atomic mass is 16.2. The summed E-state index contributed by atoms with van der Waals surface area (Å²) in [4.78, 5) is 11.8. The minimum atomic E-state index is -0.0429. The minimum Gasteiger partial charge on any atom is -0.322 e. The van der Waals surface area contributed by atoms with Crippen molar-refractivity contribution in [3.05, 3.63) is 11.4 Å². The summed E-state index contributed by atoms with van der Waals surface area (Å²) in [6.07, 6.45) is 1.99. The van der Waals surface area contributed by atoms with Gasteiger partial charge in [-0.3, -0.25) is 9.89 Å². The Labute approximate surface area is 88.6 Å². The summed E-state index contributed by atoms with van der Waals surface area (Å²) < 4.78 is 0. The molecule has 3 N–H and O–H groups in total. The van der Waals surface area contributed by atoms with Crippen LogP contribution in [-0.4, -0.2) is 28.7 Å². The largest absolute Gasteiger partial charge is 0.322 e. The van der Waals surface area contributed by atoms with Crippen molar-refractivity contribution in [3.63, 3.8) is 0 Å². The van der Waals surface area contributed by atoms with Crippen LogP contribution in [0.5, 0.6) is 0 Å². The van der Waals surface area contributed by atoms with E-state index >= 15 is 0 Å². The molecule has 82 valence electrons. The fourth-order valence-electron chi connectivity index (χ4n) is 1.85. The third-order valence-electron chi connectivity index (χ3n) is 2.75. The average Bonchev–Trinajstić information content (AvgIpc) is 2.82. The van der Waals surface area contributed by atoms with Crippen LogP contribution in [0.1, 0.15) is 24.2 Å². The van der Waals surface area contributed by atoms with Crippen LogP contribution in [0.2, 0.25) is 0 Å². The highest BCUT2D eigenvalue weighted by molar-refractivity contribution is 5.95. The third kappa shape index (κ3) is 2.02. The smallest absolute Gasteiger partial charge is 0.241 e. The molecule has 0 unspecified atom stereocenters. The van der Waals surface area contributed by atoms with Crippen molar-refractivity contribution in [3.8, 4) is 0 Å². The topological polar surface area (TPSA) is 69.8 Å². The molecule has 5 nitrogen and oxygen atoms in total. The van der Waals surface area contributed by atoms with E-state index in [1.165, 1.54) is 0 Å². The molecule has 0 aliphatic carbocycles. The van der Waals surface area contributed by atoms with E-state index in [1.54, 1.807) is 0 Å². The van der Waals surface area contributed by atoms with Crippen molar-refractivity contribution < 1.29 is 4.79 Å². The van der Waals surface area contributed by atoms with E-state index in [4.69, 9.17) is 0 Å². The van der Waals surface area contributed by atoms with Crippen LogP contribution in [0.25, 0.3) is 0 Å². The molecular formula is C10H16N4O. The molecule has 0 saturated carbocycles. The molecule has 2 heterocycles. The molecule has 1 atom stereocenters. The Kier molecular flexibility index (Phi) is 2.73. The van der Waals surface area contributed by atoms with E-state index in [-0.39, 0.29) is 11.9 Å². The van der Waals surface area contributed by atoms with Gasteiger partial charge in [-0.1, -0.05) is 0 Å². The lowest BCUT2D eigenvalue weighted by Gasteiger charge is -2.10. The van der Waals surface area contributed by atoms with Gasteiger partial charge in [-0.05, 0) is 33.2 Å². The first-order valence-electron chi connectivity index (χ1n) is 5.24. The number of hydrogen-bond acceptors (Lipinski definition) is 3. The third-order valence-corrected chi connectivity index (χ3v) is 2.75. The van der Waals surface area contributed by atoms with Gasteiger partial charge in [0, 0.05) is 0 Å². The zero-order valence-electron chi connectivity index (χ0n) is 9.05. The maximum absolute atomic E-state index is 11.8. The van der Waals surface area contributed by atoms with E-state index in [0.29, 0.717) is 0 Å². The van der Waals surface area contributed by atoms with Gasteiger partial charge in [0.05, 0.1) is 23.1 Å². The van der Waals surface area contributed by atoms with E-state index < -0.39 is 0 Å². The molecule has 1 aromatic rings. The van der Waals surface area contributed by atoms with Gasteiger partial charge in [0.15, 0.2) is 0 Å². The van der Waals surface area contributed by atoms with Gasteiger partial charge in [0.2, 0.25) is 5.91 Å². The van der Waals surface area contributed by atoms with Crippen molar-refractivity contribution in [2.45, 2.75) is 32.7 Å². The Morgan fingerprint density at radius 1 is 1.53 bits per heavy atom. The lowest BCUT2D eigenvalue weighted by atomic mass is 10.2. The first-order chi connectivity index (χ1) is 7.18. The van der Waals surface area contributed by atoms with Crippen LogP contribution < -0.4 is 10.6 Å². The maximum Gasteiger partial charge on any atom is 0.241 e. The molecule has 0 spiro atoms. The highest BCUT2D eigenvalue weighted by Gasteiger charge is 2.23. The standard InChI is InChI=1S/C10H16N4O/c1-6-9(7(2)14-13-6)12-10(15)8-4-3-5-11-8/h8,11H,3-5H2,1-2H3,(H,12,15)(H,13,14)/t8-/m0/s1. The molecule has 0 radical (unpaired) electrons. The van der Waals surface area contributed by atoms with E-state index in [2.05, 4.69) is 20.8 Å². The first-order valence-corrected chi connectivity index (χ1v) is 5.24. The lowest BCUT2D eigenvalue weighted by molar-refractivity contribution is -0.117. The summed E-state index contributed by atoms with van der Waals surface area (Å²) in [5, 5.41) is 13.0. The number of H-pyrrole nitrogens is 1. The van der Waals surface area contributed by atoms with Crippen molar-refractivity contribution in [1.82, 2.24) is 15.5 Å². The van der Waals surface area contributed by atoms with Gasteiger partial charge in [-0.15, -0.1) is 0 Å². The summed E-state index contributed by atoms with van der Waals surface area (Å²) in [6, 6.07) is -0.0429. The number of aromatic amines is 1. The summed E-state index contributed by atoms with van der Waals surface area (Å²) in [5.74, 6) is 0.0418. The molecule has 0 aromatic carbocycles. The van der Waals surface area contributed by atoms with Gasteiger partial charge < -0.3 is 10.6 Å². The van der Waals surface area contributed by atoms with Crippen molar-refractivity contribution >= 4 is 11.6 Å². The molecule has 1 saturated heterocycles. The normalized spacial score (nSPS) is 20.5. The molecule has 0 bridgehead atoms. The summed E-state index contributed by atoms with van der Waals surface area (Å²) >= 11 is 0. The van der Waals surface area contributed by atoms with E-state index in [9.17, 15) is 4.79 Å². The molecule has 5 heteroatoms. The van der Waals surface area contributed by atoms with Crippen molar-refractivity contribution in [1.29, 1.82) is 0 Å².